The van der Waals surface area contributed by atoms with E-state index < -0.39 is 11.8 Å². The van der Waals surface area contributed by atoms with Crippen LogP contribution in [0.4, 0.5) is 15.3 Å². The number of ether oxygens (including phenoxy) is 8. The number of rotatable bonds is 41. The van der Waals surface area contributed by atoms with Gasteiger partial charge in [-0.3, -0.25) is 24.0 Å². The molecule has 4 heterocycles. The van der Waals surface area contributed by atoms with Crippen molar-refractivity contribution in [3.05, 3.63) is 29.3 Å². The van der Waals surface area contributed by atoms with Crippen molar-refractivity contribution in [2.45, 2.75) is 120 Å². The monoisotopic (exact) mass is 1050 g/mol. The van der Waals surface area contributed by atoms with E-state index in [4.69, 9.17) is 37.9 Å². The second-order valence-electron chi connectivity index (χ2n) is 18.5. The fraction of sp³-hybridized carbons (Fsp3) is 0.740. The van der Waals surface area contributed by atoms with Crippen LogP contribution in [0.25, 0.3) is 0 Å². The first-order valence-corrected chi connectivity index (χ1v) is 26.4. The number of anilines is 1. The fourth-order valence-corrected chi connectivity index (χ4v) is 8.73. The van der Waals surface area contributed by atoms with Crippen LogP contribution in [0.15, 0.2) is 18.2 Å². The van der Waals surface area contributed by atoms with Crippen molar-refractivity contribution >= 4 is 47.3 Å². The molecule has 9 amide bonds. The van der Waals surface area contributed by atoms with E-state index in [1.807, 2.05) is 0 Å². The third-order valence-electron chi connectivity index (χ3n) is 12.5. The Morgan fingerprint density at radius 3 is 1.23 bits per heavy atom. The standard InChI is InChI=1S/C50H81N9O15/c1-35(60)55-38-31-36(47(63)53-16-8-20-69-24-28-71-26-22-67-18-6-14-51-43(61)12-4-2-10-41-45-39(33-73-41)56-49(65)58-45)30-37(32-38)48(64)54-17-9-21-70-25-29-72-27-23-68-19-7-15-52-44(62)13-5-3-11-42-46-40(34-74-42)57-50(66)59-46/h30-32,39-42,45-46H,2-29,33-34H2,1H3,(H,51,61)(H,52,62)(H,53,63)(H,54,64)(H,55,60)(H2,56,58,65)(H2,57,59,66). The molecular weight excluding hydrogens is 967 g/mol. The van der Waals surface area contributed by atoms with Crippen molar-refractivity contribution < 1.29 is 71.5 Å². The number of hydrogen-bond acceptors (Lipinski definition) is 15. The van der Waals surface area contributed by atoms with Gasteiger partial charge in [0.25, 0.3) is 11.8 Å². The van der Waals surface area contributed by atoms with Gasteiger partial charge in [-0.15, -0.1) is 0 Å². The first-order valence-electron chi connectivity index (χ1n) is 26.4. The van der Waals surface area contributed by atoms with Gasteiger partial charge in [0, 0.05) is 89.2 Å². The lowest BCUT2D eigenvalue weighted by atomic mass is 10.0. The van der Waals surface area contributed by atoms with Gasteiger partial charge in [-0.2, -0.15) is 0 Å². The van der Waals surface area contributed by atoms with Crippen LogP contribution in [0.2, 0.25) is 0 Å². The normalized spacial score (nSPS) is 20.4. The van der Waals surface area contributed by atoms with Crippen LogP contribution in [-0.2, 0) is 52.3 Å². The Labute approximate surface area is 433 Å². The number of urea groups is 2. The Balaban J connectivity index is 0.767. The SMILES string of the molecule is CC(=O)Nc1cc(C(=O)NCCCOCCOCCOCCCNC(=O)CCCCC2OCC3NC(=O)NC32)cc(C(=O)NCCCOCCOCCOCCCNC(=O)CCCCC2OCC3NC(=O)NC32)c1. The minimum absolute atomic E-state index is 0.00554. The minimum atomic E-state index is -0.395. The van der Waals surface area contributed by atoms with Gasteiger partial charge in [-0.25, -0.2) is 9.59 Å². The first-order chi connectivity index (χ1) is 36.0. The van der Waals surface area contributed by atoms with Gasteiger partial charge in [-0.1, -0.05) is 12.8 Å². The highest BCUT2D eigenvalue weighted by Crippen LogP contribution is 2.24. The molecule has 6 atom stereocenters. The molecule has 4 aliphatic heterocycles. The molecule has 4 saturated heterocycles. The molecule has 24 heteroatoms. The highest BCUT2D eigenvalue weighted by molar-refractivity contribution is 6.02. The average Bonchev–Trinajstić information content (AvgIpc) is 4.15. The largest absolute Gasteiger partial charge is 0.379 e. The van der Waals surface area contributed by atoms with Crippen molar-refractivity contribution in [2.24, 2.45) is 0 Å². The van der Waals surface area contributed by atoms with E-state index in [9.17, 15) is 33.6 Å². The second kappa shape index (κ2) is 35.1. The van der Waals surface area contributed by atoms with E-state index in [-0.39, 0.29) is 77.3 Å². The van der Waals surface area contributed by atoms with Crippen LogP contribution in [0.3, 0.4) is 0 Å². The Hall–Kier alpha value is -5.21. The maximum absolute atomic E-state index is 13.0. The Bertz CT molecular complexity index is 1780. The Morgan fingerprint density at radius 2 is 0.851 bits per heavy atom. The van der Waals surface area contributed by atoms with E-state index in [1.165, 1.54) is 25.1 Å². The number of carbonyl (C=O) groups is 7. The summed E-state index contributed by atoms with van der Waals surface area (Å²) in [7, 11) is 0. The highest BCUT2D eigenvalue weighted by Gasteiger charge is 2.44. The molecular formula is C50H81N9O15. The number of benzene rings is 1. The minimum Gasteiger partial charge on any atom is -0.379 e. The molecule has 4 fully saturated rings. The second-order valence-corrected chi connectivity index (χ2v) is 18.5. The lowest BCUT2D eigenvalue weighted by Crippen LogP contribution is -2.37. The average molecular weight is 1050 g/mol. The maximum atomic E-state index is 13.0. The summed E-state index contributed by atoms with van der Waals surface area (Å²) in [5.41, 5.74) is 0.778. The van der Waals surface area contributed by atoms with Crippen LogP contribution in [0, 0.1) is 0 Å². The number of fused-ring (bicyclic) bond motifs is 2. The lowest BCUT2D eigenvalue weighted by molar-refractivity contribution is -0.122. The van der Waals surface area contributed by atoms with Gasteiger partial charge in [-0.05, 0) is 69.6 Å². The summed E-state index contributed by atoms with van der Waals surface area (Å²) >= 11 is 0. The zero-order valence-electron chi connectivity index (χ0n) is 43.0. The van der Waals surface area contributed by atoms with Crippen molar-refractivity contribution in [2.75, 3.05) is 124 Å². The molecule has 9 N–H and O–H groups in total. The maximum Gasteiger partial charge on any atom is 0.315 e. The summed E-state index contributed by atoms with van der Waals surface area (Å²) in [5.74, 6) is -1.10. The Kier molecular flexibility index (Phi) is 28.3. The summed E-state index contributed by atoms with van der Waals surface area (Å²) in [5, 5.41) is 25.6. The van der Waals surface area contributed by atoms with Gasteiger partial charge in [0.1, 0.15) is 0 Å². The molecule has 0 aromatic heterocycles. The van der Waals surface area contributed by atoms with Gasteiger partial charge in [0.2, 0.25) is 17.7 Å². The highest BCUT2D eigenvalue weighted by atomic mass is 16.5. The predicted molar refractivity (Wildman–Crippen MR) is 270 cm³/mol. The quantitative estimate of drug-likeness (QED) is 0.0414. The molecule has 416 valence electrons. The van der Waals surface area contributed by atoms with Gasteiger partial charge >= 0.3 is 12.1 Å². The molecule has 74 heavy (non-hydrogen) atoms. The molecule has 0 aliphatic carbocycles. The summed E-state index contributed by atoms with van der Waals surface area (Å²) < 4.78 is 45.0. The predicted octanol–water partition coefficient (Wildman–Crippen LogP) is 1.02. The third-order valence-corrected chi connectivity index (χ3v) is 12.5. The third kappa shape index (κ3) is 23.6. The molecule has 1 aromatic carbocycles. The number of nitrogens with one attached hydrogen (secondary N) is 9. The molecule has 0 saturated carbocycles. The van der Waals surface area contributed by atoms with E-state index in [0.29, 0.717) is 163 Å². The zero-order valence-corrected chi connectivity index (χ0v) is 43.0. The molecule has 0 spiro atoms. The lowest BCUT2D eigenvalue weighted by Gasteiger charge is -2.16. The molecule has 0 bridgehead atoms. The molecule has 5 rings (SSSR count). The smallest absolute Gasteiger partial charge is 0.315 e. The molecule has 1 aromatic rings. The molecule has 6 unspecified atom stereocenters. The van der Waals surface area contributed by atoms with Crippen LogP contribution in [0.1, 0.15) is 105 Å². The van der Waals surface area contributed by atoms with E-state index >= 15 is 0 Å². The summed E-state index contributed by atoms with van der Waals surface area (Å²) in [6, 6.07) is 4.34. The van der Waals surface area contributed by atoms with Crippen molar-refractivity contribution in [3.63, 3.8) is 0 Å². The van der Waals surface area contributed by atoms with E-state index in [0.717, 1.165) is 38.5 Å². The van der Waals surface area contributed by atoms with Crippen LogP contribution < -0.4 is 47.9 Å². The van der Waals surface area contributed by atoms with Crippen LogP contribution >= 0.6 is 0 Å². The molecule has 4 aliphatic rings. The Morgan fingerprint density at radius 1 is 0.486 bits per heavy atom. The fourth-order valence-electron chi connectivity index (χ4n) is 8.73. The van der Waals surface area contributed by atoms with Crippen LogP contribution in [0.5, 0.6) is 0 Å². The first kappa shape index (κ1) is 59.7. The zero-order chi connectivity index (χ0) is 52.6. The molecule has 0 radical (unpaired) electrons. The topological polar surface area (TPSA) is 302 Å². The van der Waals surface area contributed by atoms with Crippen molar-refractivity contribution in [1.82, 2.24) is 42.5 Å². The van der Waals surface area contributed by atoms with Gasteiger partial charge in [0.15, 0.2) is 0 Å². The van der Waals surface area contributed by atoms with E-state index in [1.54, 1.807) is 0 Å². The number of unbranched alkanes of at least 4 members (excludes halogenated alkanes) is 2. The van der Waals surface area contributed by atoms with Crippen molar-refractivity contribution in [1.29, 1.82) is 0 Å². The van der Waals surface area contributed by atoms with Gasteiger partial charge in [0.05, 0.1) is 102 Å². The summed E-state index contributed by atoms with van der Waals surface area (Å²) in [6.07, 6.45) is 8.23. The molecule has 24 nitrogen and oxygen atoms in total. The van der Waals surface area contributed by atoms with E-state index in [2.05, 4.69) is 47.9 Å². The van der Waals surface area contributed by atoms with Crippen LogP contribution in [-0.4, -0.2) is 197 Å². The summed E-state index contributed by atoms with van der Waals surface area (Å²) in [6.45, 7) is 9.19. The number of amides is 9. The van der Waals surface area contributed by atoms with Crippen molar-refractivity contribution in [3.8, 4) is 0 Å². The number of carbonyl (C=O) groups excluding carboxylic acids is 7. The summed E-state index contributed by atoms with van der Waals surface area (Å²) in [4.78, 5) is 85.1. The number of hydrogen-bond donors (Lipinski definition) is 9. The van der Waals surface area contributed by atoms with Gasteiger partial charge < -0.3 is 85.7 Å².